The molecule has 0 saturated carbocycles. The van der Waals surface area contributed by atoms with E-state index in [4.69, 9.17) is 0 Å². The Kier molecular flexibility index (Phi) is 4.83. The average molecular weight is 417 g/mol. The van der Waals surface area contributed by atoms with Crippen LogP contribution >= 0.6 is 11.3 Å². The first kappa shape index (κ1) is 19.1. The van der Waals surface area contributed by atoms with E-state index in [0.717, 1.165) is 21.6 Å². The molecule has 9 heteroatoms. The van der Waals surface area contributed by atoms with Gasteiger partial charge < -0.3 is 0 Å². The van der Waals surface area contributed by atoms with Crippen molar-refractivity contribution in [3.05, 3.63) is 96.9 Å². The van der Waals surface area contributed by atoms with Crippen LogP contribution in [0.15, 0.2) is 69.7 Å². The van der Waals surface area contributed by atoms with Gasteiger partial charge >= 0.3 is 11.9 Å². The summed E-state index contributed by atoms with van der Waals surface area (Å²) < 4.78 is 40.9. The van der Waals surface area contributed by atoms with Gasteiger partial charge in [-0.2, -0.15) is 13.2 Å². The summed E-state index contributed by atoms with van der Waals surface area (Å²) in [7, 11) is 0. The number of rotatable bonds is 4. The van der Waals surface area contributed by atoms with Crippen LogP contribution in [0.3, 0.4) is 0 Å². The van der Waals surface area contributed by atoms with E-state index in [1.54, 1.807) is 12.1 Å². The first-order chi connectivity index (χ1) is 13.8. The summed E-state index contributed by atoms with van der Waals surface area (Å²) in [6, 6.07) is 11.5. The van der Waals surface area contributed by atoms with Crippen LogP contribution in [-0.4, -0.2) is 14.1 Å². The minimum absolute atomic E-state index is 0.0177. The van der Waals surface area contributed by atoms with Crippen LogP contribution in [0.5, 0.6) is 0 Å². The zero-order chi connectivity index (χ0) is 20.6. The summed E-state index contributed by atoms with van der Waals surface area (Å²) in [5, 5.41) is 1.85. The molecule has 0 saturated heterocycles. The third-order valence-corrected chi connectivity index (χ3v) is 5.36. The van der Waals surface area contributed by atoms with Gasteiger partial charge in [0.05, 0.1) is 24.2 Å². The second kappa shape index (κ2) is 7.32. The molecular formula is C20H14F3N3O2S. The Bertz CT molecular complexity index is 1270. The normalized spacial score (nSPS) is 11.8. The Morgan fingerprint density at radius 1 is 0.931 bits per heavy atom. The lowest BCUT2D eigenvalue weighted by Gasteiger charge is -2.14. The molecule has 0 aliphatic rings. The van der Waals surface area contributed by atoms with Crippen molar-refractivity contribution < 1.29 is 13.2 Å². The molecule has 0 spiro atoms. The van der Waals surface area contributed by atoms with Gasteiger partial charge in [-0.3, -0.25) is 13.9 Å². The lowest BCUT2D eigenvalue weighted by atomic mass is 10.1. The van der Waals surface area contributed by atoms with Gasteiger partial charge in [0.25, 0.3) is 5.56 Å². The molecule has 0 fully saturated rings. The molecule has 0 radical (unpaired) electrons. The molecule has 5 nitrogen and oxygen atoms in total. The zero-order valence-electron chi connectivity index (χ0n) is 14.9. The fourth-order valence-corrected chi connectivity index (χ4v) is 3.77. The molecule has 0 aliphatic carbocycles. The highest BCUT2D eigenvalue weighted by molar-refractivity contribution is 7.09. The molecule has 4 rings (SSSR count). The van der Waals surface area contributed by atoms with Crippen molar-refractivity contribution in [1.29, 1.82) is 0 Å². The minimum atomic E-state index is -4.43. The van der Waals surface area contributed by atoms with Crippen LogP contribution in [0.25, 0.3) is 11.0 Å². The Labute approximate surface area is 166 Å². The number of pyridine rings is 1. The highest BCUT2D eigenvalue weighted by atomic mass is 32.1. The van der Waals surface area contributed by atoms with Crippen molar-refractivity contribution in [2.45, 2.75) is 19.3 Å². The van der Waals surface area contributed by atoms with Crippen LogP contribution in [0, 0.1) is 0 Å². The van der Waals surface area contributed by atoms with Gasteiger partial charge in [-0.25, -0.2) is 9.78 Å². The molecule has 148 valence electrons. The number of halogens is 3. The highest BCUT2D eigenvalue weighted by Gasteiger charge is 2.30. The molecule has 1 aromatic carbocycles. The predicted molar refractivity (Wildman–Crippen MR) is 104 cm³/mol. The topological polar surface area (TPSA) is 56.9 Å². The molecule has 0 aliphatic heterocycles. The van der Waals surface area contributed by atoms with Crippen molar-refractivity contribution in [3.8, 4) is 0 Å². The van der Waals surface area contributed by atoms with Gasteiger partial charge in [0.1, 0.15) is 0 Å². The predicted octanol–water partition coefficient (Wildman–Crippen LogP) is 3.74. The van der Waals surface area contributed by atoms with Gasteiger partial charge in [-0.1, -0.05) is 18.2 Å². The lowest BCUT2D eigenvalue weighted by molar-refractivity contribution is -0.137. The number of hydrogen-bond acceptors (Lipinski definition) is 4. The van der Waals surface area contributed by atoms with Gasteiger partial charge in [0.15, 0.2) is 5.52 Å². The van der Waals surface area contributed by atoms with Crippen LogP contribution in [0.4, 0.5) is 13.2 Å². The number of benzene rings is 1. The molecule has 3 heterocycles. The molecular weight excluding hydrogens is 403 g/mol. The van der Waals surface area contributed by atoms with Crippen LogP contribution in [0.2, 0.25) is 0 Å². The summed E-state index contributed by atoms with van der Waals surface area (Å²) >= 11 is 1.42. The van der Waals surface area contributed by atoms with E-state index in [1.165, 1.54) is 34.2 Å². The fraction of sp³-hybridized carbons (Fsp3) is 0.150. The van der Waals surface area contributed by atoms with E-state index in [9.17, 15) is 22.8 Å². The summed E-state index contributed by atoms with van der Waals surface area (Å²) in [5.41, 5.74) is -0.818. The number of nitrogens with zero attached hydrogens (tertiary/aromatic N) is 3. The van der Waals surface area contributed by atoms with Crippen molar-refractivity contribution >= 4 is 22.4 Å². The maximum absolute atomic E-state index is 13.1. The van der Waals surface area contributed by atoms with E-state index in [-0.39, 0.29) is 18.6 Å². The van der Waals surface area contributed by atoms with Gasteiger partial charge in [0.2, 0.25) is 0 Å². The molecule has 0 amide bonds. The number of fused-ring (bicyclic) bond motifs is 1. The van der Waals surface area contributed by atoms with E-state index < -0.39 is 23.0 Å². The Hall–Kier alpha value is -3.20. The van der Waals surface area contributed by atoms with Crippen molar-refractivity contribution in [2.75, 3.05) is 0 Å². The lowest BCUT2D eigenvalue weighted by Crippen LogP contribution is -2.40. The monoisotopic (exact) mass is 417 g/mol. The molecule has 0 bridgehead atoms. The van der Waals surface area contributed by atoms with Crippen molar-refractivity contribution in [2.24, 2.45) is 0 Å². The third kappa shape index (κ3) is 3.73. The molecule has 0 N–H and O–H groups in total. The van der Waals surface area contributed by atoms with Crippen LogP contribution in [-0.2, 0) is 19.3 Å². The SMILES string of the molecule is O=c1c2ncccc2n(Cc2ccc(C(F)(F)F)cc2)c(=O)n1Cc1cccs1. The number of aromatic nitrogens is 3. The van der Waals surface area contributed by atoms with Crippen molar-refractivity contribution in [3.63, 3.8) is 0 Å². The van der Waals surface area contributed by atoms with Crippen molar-refractivity contribution in [1.82, 2.24) is 14.1 Å². The summed E-state index contributed by atoms with van der Waals surface area (Å²) in [5.74, 6) is 0. The second-order valence-corrected chi connectivity index (χ2v) is 7.44. The van der Waals surface area contributed by atoms with Gasteiger partial charge in [-0.15, -0.1) is 11.3 Å². The number of hydrogen-bond donors (Lipinski definition) is 0. The zero-order valence-corrected chi connectivity index (χ0v) is 15.7. The number of alkyl halides is 3. The van der Waals surface area contributed by atoms with Crippen LogP contribution < -0.4 is 11.2 Å². The Morgan fingerprint density at radius 3 is 2.34 bits per heavy atom. The van der Waals surface area contributed by atoms with E-state index >= 15 is 0 Å². The smallest absolute Gasteiger partial charge is 0.287 e. The first-order valence-electron chi connectivity index (χ1n) is 8.61. The molecule has 4 aromatic rings. The second-order valence-electron chi connectivity index (χ2n) is 6.41. The maximum Gasteiger partial charge on any atom is 0.416 e. The van der Waals surface area contributed by atoms with E-state index in [1.807, 2.05) is 17.5 Å². The maximum atomic E-state index is 13.1. The Balaban J connectivity index is 1.83. The summed E-state index contributed by atoms with van der Waals surface area (Å²) in [6.07, 6.45) is -2.97. The van der Waals surface area contributed by atoms with E-state index in [0.29, 0.717) is 11.1 Å². The van der Waals surface area contributed by atoms with Gasteiger partial charge in [0, 0.05) is 11.1 Å². The minimum Gasteiger partial charge on any atom is -0.287 e. The fourth-order valence-electron chi connectivity index (χ4n) is 3.08. The first-order valence-corrected chi connectivity index (χ1v) is 9.49. The molecule has 3 aromatic heterocycles. The average Bonchev–Trinajstić information content (AvgIpc) is 3.21. The van der Waals surface area contributed by atoms with Crippen LogP contribution in [0.1, 0.15) is 16.0 Å². The van der Waals surface area contributed by atoms with Gasteiger partial charge in [-0.05, 0) is 41.3 Å². The largest absolute Gasteiger partial charge is 0.416 e. The molecule has 29 heavy (non-hydrogen) atoms. The summed E-state index contributed by atoms with van der Waals surface area (Å²) in [4.78, 5) is 30.8. The summed E-state index contributed by atoms with van der Waals surface area (Å²) in [6.45, 7) is 0.124. The highest BCUT2D eigenvalue weighted by Crippen LogP contribution is 2.29. The molecule has 0 unspecified atom stereocenters. The number of thiophene rings is 1. The van der Waals surface area contributed by atoms with E-state index in [2.05, 4.69) is 4.98 Å². The standard InChI is InChI=1S/C20H14F3N3O2S/c21-20(22,23)14-7-5-13(6-8-14)11-25-16-4-1-9-24-17(16)18(27)26(19(25)28)12-15-3-2-10-29-15/h1-10H,11-12H2. The quantitative estimate of drug-likeness (QED) is 0.508. The molecule has 0 atom stereocenters. The Morgan fingerprint density at radius 2 is 1.69 bits per heavy atom. The third-order valence-electron chi connectivity index (χ3n) is 4.50.